The van der Waals surface area contributed by atoms with Crippen LogP contribution in [0.4, 0.5) is 0 Å². The molecule has 0 atom stereocenters. The van der Waals surface area contributed by atoms with Gasteiger partial charge < -0.3 is 5.32 Å². The first-order chi connectivity index (χ1) is 8.45. The number of aromatic nitrogens is 3. The number of hydrogen-bond donors (Lipinski definition) is 1. The lowest BCUT2D eigenvalue weighted by Crippen LogP contribution is -2.27. The molecule has 0 saturated carbocycles. The first kappa shape index (κ1) is 10.5. The highest BCUT2D eigenvalue weighted by Gasteiger charge is 2.20. The van der Waals surface area contributed by atoms with E-state index < -0.39 is 0 Å². The van der Waals surface area contributed by atoms with Crippen molar-refractivity contribution in [3.63, 3.8) is 0 Å². The first-order valence-electron chi connectivity index (χ1n) is 6.12. The van der Waals surface area contributed by atoms with Crippen LogP contribution in [0.25, 0.3) is 5.69 Å². The lowest BCUT2D eigenvalue weighted by atomic mass is 9.95. The third-order valence-corrected chi connectivity index (χ3v) is 3.33. The number of benzene rings is 1. The number of nitrogens with one attached hydrogen (secondary N) is 1. The normalized spacial score (nSPS) is 17.2. The fraction of sp³-hybridized carbons (Fsp3) is 0.385. The van der Waals surface area contributed by atoms with Crippen LogP contribution < -0.4 is 5.32 Å². The molecule has 17 heavy (non-hydrogen) atoms. The monoisotopic (exact) mass is 228 g/mol. The van der Waals surface area contributed by atoms with Crippen LogP contribution in [0.5, 0.6) is 0 Å². The van der Waals surface area contributed by atoms with Crippen molar-refractivity contribution in [1.82, 2.24) is 20.3 Å². The maximum atomic E-state index is 4.21. The van der Waals surface area contributed by atoms with Gasteiger partial charge in [0.25, 0.3) is 0 Å². The van der Waals surface area contributed by atoms with E-state index in [1.807, 2.05) is 29.1 Å². The molecule has 1 aliphatic heterocycles. The summed E-state index contributed by atoms with van der Waals surface area (Å²) in [7, 11) is 0. The van der Waals surface area contributed by atoms with Gasteiger partial charge in [-0.15, -0.1) is 5.10 Å². The molecule has 0 spiro atoms. The van der Waals surface area contributed by atoms with Crippen LogP contribution in [0.3, 0.4) is 0 Å². The van der Waals surface area contributed by atoms with Gasteiger partial charge in [-0.3, -0.25) is 0 Å². The minimum absolute atomic E-state index is 0.575. The zero-order valence-corrected chi connectivity index (χ0v) is 9.71. The number of rotatable bonds is 2. The molecule has 1 aromatic carbocycles. The molecule has 3 rings (SSSR count). The number of nitrogens with zero attached hydrogens (tertiary/aromatic N) is 3. The van der Waals surface area contributed by atoms with Crippen molar-refractivity contribution in [3.05, 3.63) is 42.2 Å². The van der Waals surface area contributed by atoms with Gasteiger partial charge in [0.2, 0.25) is 0 Å². The van der Waals surface area contributed by atoms with E-state index in [0.29, 0.717) is 5.92 Å². The SMILES string of the molecule is c1ccc(-n2nncc2C2CCNCC2)cc1. The lowest BCUT2D eigenvalue weighted by Gasteiger charge is -2.22. The molecule has 0 bridgehead atoms. The molecule has 1 saturated heterocycles. The highest BCUT2D eigenvalue weighted by molar-refractivity contribution is 5.32. The van der Waals surface area contributed by atoms with Crippen molar-refractivity contribution in [2.75, 3.05) is 13.1 Å². The van der Waals surface area contributed by atoms with E-state index in [-0.39, 0.29) is 0 Å². The quantitative estimate of drug-likeness (QED) is 0.851. The van der Waals surface area contributed by atoms with Gasteiger partial charge in [0.1, 0.15) is 0 Å². The molecule has 2 heterocycles. The van der Waals surface area contributed by atoms with Crippen LogP contribution in [0.1, 0.15) is 24.5 Å². The van der Waals surface area contributed by atoms with Gasteiger partial charge >= 0.3 is 0 Å². The summed E-state index contributed by atoms with van der Waals surface area (Å²) >= 11 is 0. The maximum Gasteiger partial charge on any atom is 0.0732 e. The Balaban J connectivity index is 1.93. The smallest absolute Gasteiger partial charge is 0.0732 e. The minimum Gasteiger partial charge on any atom is -0.317 e. The Kier molecular flexibility index (Phi) is 2.88. The van der Waals surface area contributed by atoms with Crippen molar-refractivity contribution in [2.24, 2.45) is 0 Å². The molecular weight excluding hydrogens is 212 g/mol. The molecule has 0 unspecified atom stereocenters. The van der Waals surface area contributed by atoms with Crippen molar-refractivity contribution in [2.45, 2.75) is 18.8 Å². The largest absolute Gasteiger partial charge is 0.317 e. The third kappa shape index (κ3) is 2.08. The Labute approximate surface area is 101 Å². The summed E-state index contributed by atoms with van der Waals surface area (Å²) < 4.78 is 1.97. The molecule has 88 valence electrons. The molecule has 1 fully saturated rings. The Morgan fingerprint density at radius 3 is 2.65 bits per heavy atom. The van der Waals surface area contributed by atoms with E-state index in [1.54, 1.807) is 0 Å². The average Bonchev–Trinajstić information content (AvgIpc) is 2.90. The summed E-state index contributed by atoms with van der Waals surface area (Å²) in [6, 6.07) is 10.2. The molecule has 1 aromatic heterocycles. The van der Waals surface area contributed by atoms with E-state index in [2.05, 4.69) is 27.8 Å². The summed E-state index contributed by atoms with van der Waals surface area (Å²) in [4.78, 5) is 0. The second-order valence-corrected chi connectivity index (χ2v) is 4.43. The summed E-state index contributed by atoms with van der Waals surface area (Å²) in [6.45, 7) is 2.18. The van der Waals surface area contributed by atoms with E-state index in [4.69, 9.17) is 0 Å². The third-order valence-electron chi connectivity index (χ3n) is 3.33. The Morgan fingerprint density at radius 2 is 1.88 bits per heavy atom. The molecule has 0 aliphatic carbocycles. The number of hydrogen-bond acceptors (Lipinski definition) is 3. The van der Waals surface area contributed by atoms with Crippen LogP contribution in [0, 0.1) is 0 Å². The van der Waals surface area contributed by atoms with Crippen molar-refractivity contribution in [3.8, 4) is 5.69 Å². The number of para-hydroxylation sites is 1. The van der Waals surface area contributed by atoms with E-state index in [9.17, 15) is 0 Å². The predicted molar refractivity (Wildman–Crippen MR) is 66.2 cm³/mol. The summed E-state index contributed by atoms with van der Waals surface area (Å²) in [6.07, 6.45) is 4.24. The number of piperidine rings is 1. The zero-order chi connectivity index (χ0) is 11.5. The Bertz CT molecular complexity index is 471. The predicted octanol–water partition coefficient (Wildman–Crippen LogP) is 1.73. The molecular formula is C13H16N4. The zero-order valence-electron chi connectivity index (χ0n) is 9.71. The van der Waals surface area contributed by atoms with Gasteiger partial charge in [0, 0.05) is 5.92 Å². The van der Waals surface area contributed by atoms with Crippen LogP contribution in [-0.2, 0) is 0 Å². The van der Waals surface area contributed by atoms with Crippen molar-refractivity contribution < 1.29 is 0 Å². The second kappa shape index (κ2) is 4.67. The summed E-state index contributed by atoms with van der Waals surface area (Å²) in [5.41, 5.74) is 2.33. The fourth-order valence-corrected chi connectivity index (χ4v) is 2.41. The molecule has 4 nitrogen and oxygen atoms in total. The topological polar surface area (TPSA) is 42.7 Å². The Morgan fingerprint density at radius 1 is 1.12 bits per heavy atom. The van der Waals surface area contributed by atoms with Crippen molar-refractivity contribution in [1.29, 1.82) is 0 Å². The van der Waals surface area contributed by atoms with Gasteiger partial charge in [-0.1, -0.05) is 23.4 Å². The molecule has 1 N–H and O–H groups in total. The molecule has 4 heteroatoms. The van der Waals surface area contributed by atoms with Crippen LogP contribution in [-0.4, -0.2) is 28.1 Å². The van der Waals surface area contributed by atoms with Crippen LogP contribution >= 0.6 is 0 Å². The van der Waals surface area contributed by atoms with E-state index >= 15 is 0 Å². The van der Waals surface area contributed by atoms with Gasteiger partial charge in [-0.2, -0.15) is 0 Å². The average molecular weight is 228 g/mol. The van der Waals surface area contributed by atoms with Crippen molar-refractivity contribution >= 4 is 0 Å². The van der Waals surface area contributed by atoms with Crippen LogP contribution in [0.2, 0.25) is 0 Å². The lowest BCUT2D eigenvalue weighted by molar-refractivity contribution is 0.446. The summed E-state index contributed by atoms with van der Waals surface area (Å²) in [5.74, 6) is 0.575. The van der Waals surface area contributed by atoms with E-state index in [0.717, 1.165) is 18.8 Å². The highest BCUT2D eigenvalue weighted by Crippen LogP contribution is 2.25. The first-order valence-corrected chi connectivity index (χ1v) is 6.12. The summed E-state index contributed by atoms with van der Waals surface area (Å²) in [5, 5.41) is 11.7. The van der Waals surface area contributed by atoms with E-state index in [1.165, 1.54) is 18.5 Å². The molecule has 0 amide bonds. The van der Waals surface area contributed by atoms with Gasteiger partial charge in [-0.25, -0.2) is 4.68 Å². The minimum atomic E-state index is 0.575. The maximum absolute atomic E-state index is 4.21. The van der Waals surface area contributed by atoms with Gasteiger partial charge in [0.15, 0.2) is 0 Å². The fourth-order valence-electron chi connectivity index (χ4n) is 2.41. The van der Waals surface area contributed by atoms with Gasteiger partial charge in [0.05, 0.1) is 17.6 Å². The molecule has 1 aliphatic rings. The van der Waals surface area contributed by atoms with Gasteiger partial charge in [-0.05, 0) is 38.1 Å². The molecule has 0 radical (unpaired) electrons. The highest BCUT2D eigenvalue weighted by atomic mass is 15.4. The molecule has 2 aromatic rings. The Hall–Kier alpha value is -1.68. The second-order valence-electron chi connectivity index (χ2n) is 4.43. The van der Waals surface area contributed by atoms with Crippen LogP contribution in [0.15, 0.2) is 36.5 Å². The standard InChI is InChI=1S/C13H16N4/c1-2-4-12(5-3-1)17-13(10-15-16-17)11-6-8-14-9-7-11/h1-5,10-11,14H,6-9H2.